The smallest absolute Gasteiger partial charge is 0.265 e. The molecule has 2 heterocycles. The number of hydrogen-bond acceptors (Lipinski definition) is 8. The molecule has 0 aliphatic rings. The molecule has 55 heavy (non-hydrogen) atoms. The standard InChI is InChI=1S/C29H34N4O2S.C12H24N2.C5H12/c1-7-11-26-22(9-3)17-27(36-26)29(35)31-24-13-10-12-23(19(24)5)21(8-2)16-25(20(6)34)30-28-15-14-18(4)32-33-28;1-4-9-14(10-6-8-13)11-7-12(3)5-2;1-4-5(2)3/h8,10,12-17H,7,9,11H2,1-6H3,(H,30,33)(H,31,35);12H,4-7,9-11H2,1-3H3;5H,4H2,1-3H3/b21-8+,25-16+;;. The lowest BCUT2D eigenvalue weighted by Gasteiger charge is -2.21. The first-order chi connectivity index (χ1) is 26.3. The number of carbonyl (C=O) groups is 2. The third-order valence-corrected chi connectivity index (χ3v) is 10.7. The van der Waals surface area contributed by atoms with Crippen LogP contribution in [-0.2, 0) is 17.6 Å². The van der Waals surface area contributed by atoms with Crippen molar-refractivity contribution in [1.29, 1.82) is 5.26 Å². The highest BCUT2D eigenvalue weighted by Gasteiger charge is 2.16. The molecule has 1 unspecified atom stereocenters. The summed E-state index contributed by atoms with van der Waals surface area (Å²) in [5, 5.41) is 22.9. The van der Waals surface area contributed by atoms with Gasteiger partial charge < -0.3 is 15.5 Å². The van der Waals surface area contributed by atoms with E-state index in [9.17, 15) is 9.59 Å². The average molecular weight is 771 g/mol. The van der Waals surface area contributed by atoms with Crippen LogP contribution in [0.15, 0.2) is 54.2 Å². The normalized spacial score (nSPS) is 11.9. The van der Waals surface area contributed by atoms with Crippen molar-refractivity contribution >= 4 is 40.1 Å². The molecule has 0 saturated carbocycles. The Morgan fingerprint density at radius 2 is 1.65 bits per heavy atom. The second kappa shape index (κ2) is 27.5. The van der Waals surface area contributed by atoms with Crippen molar-refractivity contribution < 1.29 is 9.59 Å². The Kier molecular flexibility index (Phi) is 24.4. The van der Waals surface area contributed by atoms with Gasteiger partial charge in [0, 0.05) is 30.5 Å². The summed E-state index contributed by atoms with van der Waals surface area (Å²) < 4.78 is 0. The van der Waals surface area contributed by atoms with E-state index in [2.05, 4.69) is 87.2 Å². The number of amides is 1. The lowest BCUT2D eigenvalue weighted by molar-refractivity contribution is -0.113. The largest absolute Gasteiger partial charge is 0.336 e. The molecular weight excluding hydrogens is 701 g/mol. The van der Waals surface area contributed by atoms with E-state index in [0.717, 1.165) is 83.7 Å². The van der Waals surface area contributed by atoms with Crippen molar-refractivity contribution in [2.24, 2.45) is 11.8 Å². The third-order valence-electron chi connectivity index (χ3n) is 9.45. The van der Waals surface area contributed by atoms with Crippen molar-refractivity contribution in [3.8, 4) is 6.07 Å². The molecule has 1 aromatic carbocycles. The molecule has 3 aromatic rings. The van der Waals surface area contributed by atoms with Crippen molar-refractivity contribution in [3.05, 3.63) is 86.4 Å². The fourth-order valence-corrected chi connectivity index (χ4v) is 6.60. The van der Waals surface area contributed by atoms with Crippen LogP contribution in [0.4, 0.5) is 11.5 Å². The molecule has 0 fully saturated rings. The zero-order valence-corrected chi connectivity index (χ0v) is 36.9. The van der Waals surface area contributed by atoms with E-state index in [1.54, 1.807) is 17.4 Å². The zero-order valence-electron chi connectivity index (χ0n) is 36.1. The number of carbonyl (C=O) groups excluding carboxylic acids is 2. The van der Waals surface area contributed by atoms with Gasteiger partial charge in [0.15, 0.2) is 11.6 Å². The highest BCUT2D eigenvalue weighted by atomic mass is 32.1. The van der Waals surface area contributed by atoms with Gasteiger partial charge in [-0.1, -0.05) is 92.9 Å². The van der Waals surface area contributed by atoms with Gasteiger partial charge in [-0.25, -0.2) is 0 Å². The lowest BCUT2D eigenvalue weighted by atomic mass is 9.97. The van der Waals surface area contributed by atoms with Gasteiger partial charge in [-0.05, 0) is 124 Å². The number of nitrogens with one attached hydrogen (secondary N) is 2. The summed E-state index contributed by atoms with van der Waals surface area (Å²) in [4.78, 5) is 29.9. The first-order valence-electron chi connectivity index (χ1n) is 20.4. The average Bonchev–Trinajstić information content (AvgIpc) is 3.59. The molecule has 8 nitrogen and oxygen atoms in total. The minimum absolute atomic E-state index is 0.0982. The molecule has 2 N–H and O–H groups in total. The van der Waals surface area contributed by atoms with Crippen LogP contribution in [0.3, 0.4) is 0 Å². The van der Waals surface area contributed by atoms with Gasteiger partial charge in [-0.3, -0.25) is 9.59 Å². The van der Waals surface area contributed by atoms with Crippen molar-refractivity contribution in [3.63, 3.8) is 0 Å². The number of Topliss-reactive ketones (excluding diaryl/α,β-unsaturated/α-hetero) is 1. The summed E-state index contributed by atoms with van der Waals surface area (Å²) >= 11 is 1.58. The van der Waals surface area contributed by atoms with E-state index in [1.165, 1.54) is 43.0 Å². The quantitative estimate of drug-likeness (QED) is 0.0922. The maximum atomic E-state index is 13.1. The summed E-state index contributed by atoms with van der Waals surface area (Å²) in [5.74, 6) is 1.98. The fourth-order valence-electron chi connectivity index (χ4n) is 5.35. The Morgan fingerprint density at radius 1 is 0.945 bits per heavy atom. The highest BCUT2D eigenvalue weighted by molar-refractivity contribution is 7.14. The van der Waals surface area contributed by atoms with E-state index in [0.29, 0.717) is 17.9 Å². The van der Waals surface area contributed by atoms with E-state index in [4.69, 9.17) is 5.26 Å². The minimum atomic E-state index is -0.119. The molecule has 0 saturated heterocycles. The van der Waals surface area contributed by atoms with Gasteiger partial charge in [0.1, 0.15) is 0 Å². The number of aromatic nitrogens is 2. The molecule has 3 rings (SSSR count). The van der Waals surface area contributed by atoms with Gasteiger partial charge in [-0.15, -0.1) is 16.4 Å². The molecule has 0 bridgehead atoms. The predicted octanol–water partition coefficient (Wildman–Crippen LogP) is 12.0. The van der Waals surface area contributed by atoms with Crippen LogP contribution >= 0.6 is 11.3 Å². The maximum Gasteiger partial charge on any atom is 0.265 e. The Balaban J connectivity index is 0.000000659. The Morgan fingerprint density at radius 3 is 2.18 bits per heavy atom. The molecule has 0 aliphatic carbocycles. The second-order valence-corrected chi connectivity index (χ2v) is 15.6. The van der Waals surface area contributed by atoms with E-state index < -0.39 is 0 Å². The number of aryl methyl sites for hydroxylation is 3. The summed E-state index contributed by atoms with van der Waals surface area (Å²) in [5.41, 5.74) is 5.91. The topological polar surface area (TPSA) is 111 Å². The third kappa shape index (κ3) is 18.4. The van der Waals surface area contributed by atoms with Gasteiger partial charge in [0.05, 0.1) is 22.3 Å². The van der Waals surface area contributed by atoms with Crippen LogP contribution in [0.25, 0.3) is 5.57 Å². The molecule has 1 atom stereocenters. The lowest BCUT2D eigenvalue weighted by Crippen LogP contribution is -2.27. The number of nitriles is 1. The Hall–Kier alpha value is -4.13. The molecule has 0 aliphatic heterocycles. The van der Waals surface area contributed by atoms with Gasteiger partial charge in [-0.2, -0.15) is 10.4 Å². The number of thiophene rings is 1. The number of ketones is 1. The Labute approximate surface area is 337 Å². The maximum absolute atomic E-state index is 13.1. The van der Waals surface area contributed by atoms with Gasteiger partial charge >= 0.3 is 0 Å². The van der Waals surface area contributed by atoms with Crippen molar-refractivity contribution in [1.82, 2.24) is 15.1 Å². The summed E-state index contributed by atoms with van der Waals surface area (Å²) in [7, 11) is 0. The predicted molar refractivity (Wildman–Crippen MR) is 236 cm³/mol. The second-order valence-electron chi connectivity index (χ2n) is 14.5. The van der Waals surface area contributed by atoms with Crippen LogP contribution in [0.1, 0.15) is 145 Å². The number of anilines is 2. The molecule has 302 valence electrons. The molecular formula is C46H70N6O2S. The highest BCUT2D eigenvalue weighted by Crippen LogP contribution is 2.30. The van der Waals surface area contributed by atoms with Crippen LogP contribution in [0, 0.1) is 37.0 Å². The first-order valence-corrected chi connectivity index (χ1v) is 21.2. The van der Waals surface area contributed by atoms with Crippen LogP contribution in [-0.4, -0.2) is 46.4 Å². The van der Waals surface area contributed by atoms with E-state index in [1.807, 2.05) is 63.3 Å². The minimum Gasteiger partial charge on any atom is -0.336 e. The molecule has 1 amide bonds. The molecule has 0 spiro atoms. The first kappa shape index (κ1) is 48.9. The van der Waals surface area contributed by atoms with Crippen LogP contribution < -0.4 is 10.6 Å². The SMILES string of the molecule is C/C=C(\C=C(\Nc1ccc(C)nn1)C(C)=O)c1cccc(NC(=O)c2cc(CC)c(CCC)s2)c1C.CCC(C)C.CCCN(CCC#N)CCC(C)CC. The summed E-state index contributed by atoms with van der Waals surface area (Å²) in [6, 6.07) is 13.7. The van der Waals surface area contributed by atoms with Crippen LogP contribution in [0.2, 0.25) is 0 Å². The monoisotopic (exact) mass is 771 g/mol. The van der Waals surface area contributed by atoms with Crippen LogP contribution in [0.5, 0.6) is 0 Å². The van der Waals surface area contributed by atoms with Crippen molar-refractivity contribution in [2.45, 2.75) is 134 Å². The zero-order chi connectivity index (χ0) is 41.3. The number of allylic oxidation sites excluding steroid dienone is 4. The molecule has 2 aromatic heterocycles. The van der Waals surface area contributed by atoms with Crippen molar-refractivity contribution in [2.75, 3.05) is 30.3 Å². The van der Waals surface area contributed by atoms with Gasteiger partial charge in [0.25, 0.3) is 5.91 Å². The molecule has 9 heteroatoms. The summed E-state index contributed by atoms with van der Waals surface area (Å²) in [6.07, 6.45) is 12.4. The number of hydrogen-bond donors (Lipinski definition) is 2. The molecule has 0 radical (unpaired) electrons. The fraction of sp³-hybridized carbons (Fsp3) is 0.543. The summed E-state index contributed by atoms with van der Waals surface area (Å²) in [6.45, 7) is 28.2. The van der Waals surface area contributed by atoms with E-state index >= 15 is 0 Å². The van der Waals surface area contributed by atoms with Gasteiger partial charge in [0.2, 0.25) is 0 Å². The number of benzene rings is 1. The van der Waals surface area contributed by atoms with E-state index in [-0.39, 0.29) is 11.7 Å². The Bertz CT molecular complexity index is 1680. The number of rotatable bonds is 19. The number of nitrogens with zero attached hydrogens (tertiary/aromatic N) is 4.